The zero-order chi connectivity index (χ0) is 14.7. The number of rotatable bonds is 4. The van der Waals surface area contributed by atoms with Crippen LogP contribution in [0, 0.1) is 10.1 Å². The smallest absolute Gasteiger partial charge is 0.358 e. The van der Waals surface area contributed by atoms with E-state index in [1.165, 1.54) is 6.20 Å². The minimum Gasteiger partial charge on any atom is -0.358 e. The van der Waals surface area contributed by atoms with Gasteiger partial charge in [0.15, 0.2) is 5.02 Å². The van der Waals surface area contributed by atoms with Crippen molar-refractivity contribution in [1.82, 2.24) is 9.78 Å². The number of nitro groups is 1. The van der Waals surface area contributed by atoms with Crippen LogP contribution in [0.3, 0.4) is 0 Å². The normalized spacial score (nSPS) is 10.3. The second-order valence-corrected chi connectivity index (χ2v) is 5.13. The lowest BCUT2D eigenvalue weighted by Gasteiger charge is -2.03. The monoisotopic (exact) mass is 358 g/mol. The van der Waals surface area contributed by atoms with Crippen molar-refractivity contribution in [2.24, 2.45) is 0 Å². The molecule has 9 heteroatoms. The second kappa shape index (κ2) is 6.02. The van der Waals surface area contributed by atoms with Gasteiger partial charge in [0.2, 0.25) is 5.91 Å². The first kappa shape index (κ1) is 14.5. The van der Waals surface area contributed by atoms with E-state index in [4.69, 9.17) is 11.6 Å². The van der Waals surface area contributed by atoms with Gasteiger partial charge in [-0.05, 0) is 29.2 Å². The molecule has 0 aliphatic heterocycles. The maximum absolute atomic E-state index is 11.8. The van der Waals surface area contributed by atoms with Crippen molar-refractivity contribution in [3.05, 3.63) is 50.1 Å². The van der Waals surface area contributed by atoms with Gasteiger partial charge in [-0.15, -0.1) is 0 Å². The Bertz CT molecular complexity index is 656. The summed E-state index contributed by atoms with van der Waals surface area (Å²) in [5, 5.41) is 16.7. The van der Waals surface area contributed by atoms with Gasteiger partial charge in [0.25, 0.3) is 0 Å². The molecule has 1 aromatic carbocycles. The number of hydrogen-bond acceptors (Lipinski definition) is 4. The highest BCUT2D eigenvalue weighted by Gasteiger charge is 2.20. The summed E-state index contributed by atoms with van der Waals surface area (Å²) in [6, 6.07) is 7.01. The van der Waals surface area contributed by atoms with E-state index in [0.29, 0.717) is 5.69 Å². The molecule has 0 saturated heterocycles. The molecular weight excluding hydrogens is 352 g/mol. The van der Waals surface area contributed by atoms with Gasteiger partial charge < -0.3 is 15.4 Å². The molecule has 0 saturated carbocycles. The summed E-state index contributed by atoms with van der Waals surface area (Å²) in [5.41, 5.74) is 0.617. The van der Waals surface area contributed by atoms with E-state index < -0.39 is 10.7 Å². The van der Waals surface area contributed by atoms with Crippen LogP contribution in [0.15, 0.2) is 34.9 Å². The number of carbonyl (C=O) groups is 1. The van der Waals surface area contributed by atoms with Gasteiger partial charge in [-0.1, -0.05) is 27.5 Å². The van der Waals surface area contributed by atoms with E-state index in [0.717, 1.165) is 9.15 Å². The summed E-state index contributed by atoms with van der Waals surface area (Å²) in [6.45, 7) is -0.163. The highest BCUT2D eigenvalue weighted by atomic mass is 79.9. The minimum absolute atomic E-state index is 0.105. The van der Waals surface area contributed by atoms with Crippen molar-refractivity contribution in [3.8, 4) is 0 Å². The van der Waals surface area contributed by atoms with E-state index in [9.17, 15) is 14.9 Å². The molecule has 1 amide bonds. The highest BCUT2D eigenvalue weighted by molar-refractivity contribution is 9.10. The van der Waals surface area contributed by atoms with Gasteiger partial charge in [-0.25, -0.2) is 0 Å². The Kier molecular flexibility index (Phi) is 4.35. The minimum atomic E-state index is -0.703. The fourth-order valence-electron chi connectivity index (χ4n) is 1.47. The number of anilines is 1. The lowest BCUT2D eigenvalue weighted by Crippen LogP contribution is -2.19. The molecule has 2 rings (SSSR count). The summed E-state index contributed by atoms with van der Waals surface area (Å²) < 4.78 is 2.01. The molecule has 0 spiro atoms. The molecule has 0 radical (unpaired) electrons. The molecule has 0 aliphatic rings. The van der Waals surface area contributed by atoms with E-state index in [-0.39, 0.29) is 17.5 Å². The molecule has 0 aliphatic carbocycles. The summed E-state index contributed by atoms with van der Waals surface area (Å²) in [7, 11) is 0. The van der Waals surface area contributed by atoms with Crippen LogP contribution in [0.25, 0.3) is 0 Å². The van der Waals surface area contributed by atoms with E-state index in [1.54, 1.807) is 24.3 Å². The molecule has 1 aromatic heterocycles. The fourth-order valence-corrected chi connectivity index (χ4v) is 1.96. The molecule has 0 fully saturated rings. The van der Waals surface area contributed by atoms with Gasteiger partial charge in [-0.2, -0.15) is 4.68 Å². The van der Waals surface area contributed by atoms with Crippen LogP contribution < -0.4 is 5.32 Å². The molecule has 1 heterocycles. The molecule has 7 nitrogen and oxygen atoms in total. The first-order valence-electron chi connectivity index (χ1n) is 5.38. The number of amides is 1. The number of carbonyl (C=O) groups excluding carboxylic acids is 1. The van der Waals surface area contributed by atoms with Crippen molar-refractivity contribution >= 4 is 44.9 Å². The topological polar surface area (TPSA) is 90.1 Å². The zero-order valence-electron chi connectivity index (χ0n) is 9.92. The summed E-state index contributed by atoms with van der Waals surface area (Å²) in [5.74, 6) is -0.829. The van der Waals surface area contributed by atoms with E-state index in [2.05, 4.69) is 26.3 Å². The van der Waals surface area contributed by atoms with Gasteiger partial charge in [-0.3, -0.25) is 4.79 Å². The van der Waals surface area contributed by atoms with Crippen LogP contribution >= 0.6 is 27.5 Å². The fraction of sp³-hybridized carbons (Fsp3) is 0.0909. The number of nitrogens with zero attached hydrogens (tertiary/aromatic N) is 3. The number of halogens is 2. The quantitative estimate of drug-likeness (QED) is 0.671. The van der Waals surface area contributed by atoms with Gasteiger partial charge >= 0.3 is 5.82 Å². The Morgan fingerprint density at radius 2 is 2.10 bits per heavy atom. The first-order chi connectivity index (χ1) is 9.45. The lowest BCUT2D eigenvalue weighted by molar-refractivity contribution is -0.389. The average Bonchev–Trinajstić information content (AvgIpc) is 2.73. The highest BCUT2D eigenvalue weighted by Crippen LogP contribution is 2.21. The number of benzene rings is 1. The largest absolute Gasteiger partial charge is 0.408 e. The summed E-state index contributed by atoms with van der Waals surface area (Å²) in [6.07, 6.45) is 1.24. The van der Waals surface area contributed by atoms with Crippen molar-refractivity contribution in [3.63, 3.8) is 0 Å². The van der Waals surface area contributed by atoms with Crippen LogP contribution in [0.1, 0.15) is 0 Å². The van der Waals surface area contributed by atoms with Gasteiger partial charge in [0.05, 0.1) is 11.3 Å². The van der Waals surface area contributed by atoms with Crippen LogP contribution in [0.5, 0.6) is 0 Å². The third-order valence-corrected chi connectivity index (χ3v) is 3.10. The molecule has 0 bridgehead atoms. The third-order valence-electron chi connectivity index (χ3n) is 2.31. The van der Waals surface area contributed by atoms with Crippen LogP contribution in [0.2, 0.25) is 5.02 Å². The van der Waals surface area contributed by atoms with Crippen LogP contribution in [0.4, 0.5) is 11.5 Å². The molecule has 0 atom stereocenters. The van der Waals surface area contributed by atoms with Crippen molar-refractivity contribution < 1.29 is 9.72 Å². The van der Waals surface area contributed by atoms with E-state index in [1.807, 2.05) is 0 Å². The van der Waals surface area contributed by atoms with Gasteiger partial charge in [0.1, 0.15) is 6.54 Å². The Balaban J connectivity index is 2.03. The molecule has 1 N–H and O–H groups in total. The Hall–Kier alpha value is -1.93. The van der Waals surface area contributed by atoms with Crippen molar-refractivity contribution in [2.75, 3.05) is 5.32 Å². The molecular formula is C11H8BrClN4O3. The number of aromatic nitrogens is 2. The third kappa shape index (κ3) is 3.55. The second-order valence-electron chi connectivity index (χ2n) is 3.81. The standard InChI is InChI=1S/C11H8BrClN4O3/c12-7-1-3-8(4-2-7)14-10(18)6-16-5-9(13)11(15-16)17(19)20/h1-5H,6H2,(H,14,18). The zero-order valence-corrected chi connectivity index (χ0v) is 12.3. The molecule has 2 aromatic rings. The van der Waals surface area contributed by atoms with Crippen LogP contribution in [-0.2, 0) is 11.3 Å². The van der Waals surface area contributed by atoms with E-state index >= 15 is 0 Å². The average molecular weight is 360 g/mol. The molecule has 20 heavy (non-hydrogen) atoms. The maximum atomic E-state index is 11.8. The predicted molar refractivity (Wildman–Crippen MR) is 76.7 cm³/mol. The first-order valence-corrected chi connectivity index (χ1v) is 6.55. The molecule has 104 valence electrons. The van der Waals surface area contributed by atoms with Crippen LogP contribution in [-0.4, -0.2) is 20.6 Å². The lowest BCUT2D eigenvalue weighted by atomic mass is 10.3. The number of hydrogen-bond donors (Lipinski definition) is 1. The molecule has 0 unspecified atom stereocenters. The summed E-state index contributed by atoms with van der Waals surface area (Å²) in [4.78, 5) is 21.6. The Morgan fingerprint density at radius 1 is 1.45 bits per heavy atom. The Morgan fingerprint density at radius 3 is 2.65 bits per heavy atom. The van der Waals surface area contributed by atoms with Gasteiger partial charge in [0, 0.05) is 10.2 Å². The maximum Gasteiger partial charge on any atom is 0.408 e. The SMILES string of the molecule is O=C(Cn1cc(Cl)c([N+](=O)[O-])n1)Nc1ccc(Br)cc1. The van der Waals surface area contributed by atoms with Crippen molar-refractivity contribution in [1.29, 1.82) is 0 Å². The summed E-state index contributed by atoms with van der Waals surface area (Å²) >= 11 is 8.92. The van der Waals surface area contributed by atoms with Crippen molar-refractivity contribution in [2.45, 2.75) is 6.54 Å². The predicted octanol–water partition coefficient (Wildman–Crippen LogP) is 2.85. The Labute approximate surface area is 126 Å². The number of nitrogens with one attached hydrogen (secondary N) is 1.